The highest BCUT2D eigenvalue weighted by Gasteiger charge is 2.18. The van der Waals surface area contributed by atoms with Gasteiger partial charge in [0.2, 0.25) is 15.8 Å². The van der Waals surface area contributed by atoms with E-state index in [1.807, 2.05) is 18.2 Å². The van der Waals surface area contributed by atoms with Crippen LogP contribution in [0.5, 0.6) is 0 Å². The molecule has 1 N–H and O–H groups in total. The van der Waals surface area contributed by atoms with Crippen LogP contribution in [0.2, 0.25) is 0 Å². The van der Waals surface area contributed by atoms with E-state index in [-0.39, 0.29) is 35.3 Å². The molecule has 0 atom stereocenters. The van der Waals surface area contributed by atoms with Crippen LogP contribution in [-0.4, -0.2) is 24.5 Å². The molecular formula is C23H18FN3O5S. The van der Waals surface area contributed by atoms with Gasteiger partial charge in [0.05, 0.1) is 10.5 Å². The molecule has 0 aliphatic heterocycles. The molecule has 8 nitrogen and oxygen atoms in total. The lowest BCUT2D eigenvalue weighted by Gasteiger charge is -2.08. The molecule has 0 saturated carbocycles. The van der Waals surface area contributed by atoms with E-state index >= 15 is 0 Å². The number of hydrogen-bond acceptors (Lipinski definition) is 7. The largest absolute Gasteiger partial charge is 0.452 e. The smallest absolute Gasteiger partial charge is 0.338 e. The minimum absolute atomic E-state index is 0.0379. The topological polar surface area (TPSA) is 111 Å². The van der Waals surface area contributed by atoms with Gasteiger partial charge in [-0.25, -0.2) is 22.3 Å². The molecule has 0 aliphatic carbocycles. The highest BCUT2D eigenvalue weighted by Crippen LogP contribution is 2.17. The van der Waals surface area contributed by atoms with Crippen molar-refractivity contribution in [3.8, 4) is 11.4 Å². The molecule has 4 aromatic rings. The van der Waals surface area contributed by atoms with Crippen LogP contribution >= 0.6 is 0 Å². The average molecular weight is 467 g/mol. The van der Waals surface area contributed by atoms with Gasteiger partial charge in [-0.2, -0.15) is 4.98 Å². The first-order valence-electron chi connectivity index (χ1n) is 9.80. The number of sulfonamides is 1. The summed E-state index contributed by atoms with van der Waals surface area (Å²) in [5.74, 6) is -0.887. The maximum absolute atomic E-state index is 13.0. The van der Waals surface area contributed by atoms with Crippen molar-refractivity contribution in [3.05, 3.63) is 102 Å². The number of benzene rings is 3. The van der Waals surface area contributed by atoms with E-state index in [4.69, 9.17) is 9.26 Å². The predicted molar refractivity (Wildman–Crippen MR) is 116 cm³/mol. The molecule has 10 heteroatoms. The molecule has 0 spiro atoms. The Morgan fingerprint density at radius 1 is 1.00 bits per heavy atom. The third kappa shape index (κ3) is 5.68. The van der Waals surface area contributed by atoms with Crippen molar-refractivity contribution in [1.82, 2.24) is 14.9 Å². The van der Waals surface area contributed by atoms with Gasteiger partial charge in [0, 0.05) is 12.1 Å². The number of carbonyl (C=O) groups excluding carboxylic acids is 1. The Morgan fingerprint density at radius 3 is 2.52 bits per heavy atom. The Kier molecular flexibility index (Phi) is 6.57. The van der Waals surface area contributed by atoms with Gasteiger partial charge < -0.3 is 9.26 Å². The first kappa shape index (κ1) is 22.3. The van der Waals surface area contributed by atoms with E-state index in [2.05, 4.69) is 14.9 Å². The van der Waals surface area contributed by atoms with Crippen LogP contribution in [0.3, 0.4) is 0 Å². The molecule has 1 aromatic heterocycles. The summed E-state index contributed by atoms with van der Waals surface area (Å²) >= 11 is 0. The highest BCUT2D eigenvalue weighted by atomic mass is 32.2. The molecule has 0 radical (unpaired) electrons. The lowest BCUT2D eigenvalue weighted by atomic mass is 10.2. The molecule has 0 bridgehead atoms. The van der Waals surface area contributed by atoms with Crippen LogP contribution in [0.1, 0.15) is 21.8 Å². The zero-order valence-corrected chi connectivity index (χ0v) is 18.0. The zero-order valence-electron chi connectivity index (χ0n) is 17.1. The molecule has 33 heavy (non-hydrogen) atoms. The second-order valence-electron chi connectivity index (χ2n) is 6.93. The summed E-state index contributed by atoms with van der Waals surface area (Å²) < 4.78 is 51.0. The van der Waals surface area contributed by atoms with Gasteiger partial charge in [0.25, 0.3) is 5.89 Å². The van der Waals surface area contributed by atoms with E-state index < -0.39 is 21.8 Å². The van der Waals surface area contributed by atoms with Crippen LogP contribution in [0.15, 0.2) is 88.3 Å². The Bertz CT molecular complexity index is 1360. The fourth-order valence-electron chi connectivity index (χ4n) is 2.89. The van der Waals surface area contributed by atoms with Crippen molar-refractivity contribution < 1.29 is 26.9 Å². The Labute approximate surface area is 189 Å². The van der Waals surface area contributed by atoms with E-state index in [0.29, 0.717) is 5.56 Å². The van der Waals surface area contributed by atoms with Gasteiger partial charge >= 0.3 is 5.97 Å². The molecule has 1 heterocycles. The second-order valence-corrected chi connectivity index (χ2v) is 8.70. The summed E-state index contributed by atoms with van der Waals surface area (Å²) in [7, 11) is -3.84. The third-order valence-corrected chi connectivity index (χ3v) is 5.99. The summed E-state index contributed by atoms with van der Waals surface area (Å²) in [6, 6.07) is 20.1. The normalized spacial score (nSPS) is 11.3. The molecule has 3 aromatic carbocycles. The molecule has 0 amide bonds. The number of esters is 1. The van der Waals surface area contributed by atoms with Crippen molar-refractivity contribution in [2.75, 3.05) is 0 Å². The highest BCUT2D eigenvalue weighted by molar-refractivity contribution is 7.89. The quantitative estimate of drug-likeness (QED) is 0.393. The zero-order chi connectivity index (χ0) is 23.3. The first-order valence-corrected chi connectivity index (χ1v) is 11.3. The fraction of sp³-hybridized carbons (Fsp3) is 0.0870. The molecule has 168 valence electrons. The van der Waals surface area contributed by atoms with Gasteiger partial charge in [-0.3, -0.25) is 0 Å². The van der Waals surface area contributed by atoms with Crippen LogP contribution in [0.4, 0.5) is 4.39 Å². The minimum Gasteiger partial charge on any atom is -0.452 e. The average Bonchev–Trinajstić information content (AvgIpc) is 3.31. The summed E-state index contributed by atoms with van der Waals surface area (Å²) in [5, 5.41) is 3.77. The lowest BCUT2D eigenvalue weighted by molar-refractivity contribution is 0.0429. The second kappa shape index (κ2) is 9.72. The predicted octanol–water partition coefficient (Wildman–Crippen LogP) is 3.71. The molecular weight excluding hydrogens is 449 g/mol. The molecule has 4 rings (SSSR count). The van der Waals surface area contributed by atoms with Crippen molar-refractivity contribution in [1.29, 1.82) is 0 Å². The minimum atomic E-state index is -3.84. The number of carbonyl (C=O) groups is 1. The number of ether oxygens (including phenoxy) is 1. The van der Waals surface area contributed by atoms with Gasteiger partial charge in [-0.05, 0) is 48.0 Å². The number of halogens is 1. The number of aromatic nitrogens is 2. The number of nitrogens with zero attached hydrogens (tertiary/aromatic N) is 2. The van der Waals surface area contributed by atoms with Crippen LogP contribution in [0.25, 0.3) is 11.4 Å². The Balaban J connectivity index is 1.39. The summed E-state index contributed by atoms with van der Waals surface area (Å²) in [5.41, 5.74) is 1.39. The fourth-order valence-corrected chi connectivity index (χ4v) is 3.95. The van der Waals surface area contributed by atoms with E-state index in [1.54, 1.807) is 12.1 Å². The van der Waals surface area contributed by atoms with Crippen molar-refractivity contribution in [2.45, 2.75) is 18.0 Å². The van der Waals surface area contributed by atoms with Crippen molar-refractivity contribution >= 4 is 16.0 Å². The van der Waals surface area contributed by atoms with E-state index in [9.17, 15) is 17.6 Å². The molecule has 0 unspecified atom stereocenters. The monoisotopic (exact) mass is 467 g/mol. The summed E-state index contributed by atoms with van der Waals surface area (Å²) in [6.07, 6.45) is 0. The van der Waals surface area contributed by atoms with Crippen molar-refractivity contribution in [3.63, 3.8) is 0 Å². The van der Waals surface area contributed by atoms with Gasteiger partial charge in [-0.1, -0.05) is 41.6 Å². The van der Waals surface area contributed by atoms with Crippen LogP contribution in [-0.2, 0) is 27.9 Å². The van der Waals surface area contributed by atoms with Crippen LogP contribution < -0.4 is 4.72 Å². The summed E-state index contributed by atoms with van der Waals surface area (Å²) in [6.45, 7) is -0.193. The number of hydrogen-bond donors (Lipinski definition) is 1. The molecule has 0 saturated heterocycles. The summed E-state index contributed by atoms with van der Waals surface area (Å²) in [4.78, 5) is 16.5. The lowest BCUT2D eigenvalue weighted by Crippen LogP contribution is -2.23. The molecule has 0 fully saturated rings. The van der Waals surface area contributed by atoms with Crippen molar-refractivity contribution in [2.24, 2.45) is 0 Å². The number of nitrogens with one attached hydrogen (secondary N) is 1. The maximum Gasteiger partial charge on any atom is 0.338 e. The van der Waals surface area contributed by atoms with Gasteiger partial charge in [0.1, 0.15) is 5.82 Å². The van der Waals surface area contributed by atoms with Gasteiger partial charge in [0.15, 0.2) is 6.61 Å². The first-order chi connectivity index (χ1) is 15.9. The third-order valence-electron chi connectivity index (χ3n) is 4.59. The SMILES string of the molecule is O=C(OCc1nc(-c2ccc(F)cc2)no1)c1cccc(S(=O)(=O)NCc2ccccc2)c1. The standard InChI is InChI=1S/C23H18FN3O5S/c24-19-11-9-17(10-12-19)22-26-21(32-27-22)15-31-23(28)18-7-4-8-20(13-18)33(29,30)25-14-16-5-2-1-3-6-16/h1-13,25H,14-15H2. The van der Waals surface area contributed by atoms with E-state index in [1.165, 1.54) is 48.5 Å². The van der Waals surface area contributed by atoms with Crippen LogP contribution in [0, 0.1) is 5.82 Å². The Morgan fingerprint density at radius 2 is 1.76 bits per heavy atom. The number of rotatable bonds is 8. The Hall–Kier alpha value is -3.89. The van der Waals surface area contributed by atoms with Gasteiger partial charge in [-0.15, -0.1) is 0 Å². The van der Waals surface area contributed by atoms with E-state index in [0.717, 1.165) is 5.56 Å². The maximum atomic E-state index is 13.0. The molecule has 0 aliphatic rings.